The van der Waals surface area contributed by atoms with Crippen molar-refractivity contribution in [2.45, 2.75) is 26.7 Å². The molecule has 0 saturated carbocycles. The maximum Gasteiger partial charge on any atom is 0.305 e. The lowest BCUT2D eigenvalue weighted by molar-refractivity contribution is -0.143. The first-order valence-corrected chi connectivity index (χ1v) is 6.77. The number of amides is 1. The molecule has 0 aliphatic heterocycles. The first kappa shape index (κ1) is 15.0. The van der Waals surface area contributed by atoms with Gasteiger partial charge in [0.25, 0.3) is 11.6 Å². The second-order valence-corrected chi connectivity index (χ2v) is 4.51. The van der Waals surface area contributed by atoms with E-state index in [0.29, 0.717) is 41.9 Å². The molecule has 0 aromatic carbocycles. The summed E-state index contributed by atoms with van der Waals surface area (Å²) in [5.74, 6) is -0.496. The molecule has 0 radical (unpaired) electrons. The Kier molecular flexibility index (Phi) is 4.86. The molecule has 0 saturated heterocycles. The molecular weight excluding hydrogens is 274 g/mol. The average Bonchev–Trinajstić information content (AvgIpc) is 2.85. The first-order chi connectivity index (χ1) is 10.1. The summed E-state index contributed by atoms with van der Waals surface area (Å²) in [5.41, 5.74) is 1.53. The smallest absolute Gasteiger partial charge is 0.305 e. The summed E-state index contributed by atoms with van der Waals surface area (Å²) in [6.45, 7) is 4.32. The highest BCUT2D eigenvalue weighted by atomic mass is 16.5. The second kappa shape index (κ2) is 6.83. The Labute approximate surface area is 121 Å². The lowest BCUT2D eigenvalue weighted by Gasteiger charge is -2.05. The Hall–Kier alpha value is -2.44. The average molecular weight is 291 g/mol. The standard InChI is InChI=1S/C14H17N3O4/c1-3-20-12(18)5-4-6-15-13(19)10-7-11-9(2)17-21-14(11)16-8-10/h7-8H,3-6H2,1-2H3,(H,15,19). The van der Waals surface area contributed by atoms with Crippen LogP contribution in [-0.2, 0) is 9.53 Å². The highest BCUT2D eigenvalue weighted by molar-refractivity contribution is 5.96. The van der Waals surface area contributed by atoms with Gasteiger partial charge in [-0.2, -0.15) is 0 Å². The van der Waals surface area contributed by atoms with Crippen LogP contribution in [0.25, 0.3) is 11.1 Å². The molecule has 112 valence electrons. The number of ether oxygens (including phenoxy) is 1. The predicted molar refractivity (Wildman–Crippen MR) is 74.7 cm³/mol. The molecular formula is C14H17N3O4. The van der Waals surface area contributed by atoms with Gasteiger partial charge in [-0.1, -0.05) is 5.16 Å². The number of hydrogen-bond donors (Lipinski definition) is 1. The zero-order valence-corrected chi connectivity index (χ0v) is 12.0. The minimum Gasteiger partial charge on any atom is -0.466 e. The number of carbonyl (C=O) groups is 2. The summed E-state index contributed by atoms with van der Waals surface area (Å²) >= 11 is 0. The van der Waals surface area contributed by atoms with E-state index in [4.69, 9.17) is 9.26 Å². The number of nitrogens with zero attached hydrogens (tertiary/aromatic N) is 2. The van der Waals surface area contributed by atoms with E-state index in [-0.39, 0.29) is 18.3 Å². The van der Waals surface area contributed by atoms with E-state index >= 15 is 0 Å². The van der Waals surface area contributed by atoms with Crippen LogP contribution in [0.5, 0.6) is 0 Å². The molecule has 0 fully saturated rings. The number of pyridine rings is 1. The monoisotopic (exact) mass is 291 g/mol. The van der Waals surface area contributed by atoms with Crippen LogP contribution in [0.4, 0.5) is 0 Å². The molecule has 2 aromatic rings. The van der Waals surface area contributed by atoms with Crippen molar-refractivity contribution < 1.29 is 18.8 Å². The van der Waals surface area contributed by atoms with Gasteiger partial charge < -0.3 is 14.6 Å². The fourth-order valence-electron chi connectivity index (χ4n) is 1.84. The van der Waals surface area contributed by atoms with E-state index in [0.717, 1.165) is 0 Å². The van der Waals surface area contributed by atoms with Gasteiger partial charge in [-0.3, -0.25) is 9.59 Å². The number of nitrogens with one attached hydrogen (secondary N) is 1. The van der Waals surface area contributed by atoms with E-state index in [1.54, 1.807) is 19.9 Å². The lowest BCUT2D eigenvalue weighted by atomic mass is 10.2. The number of aryl methyl sites for hydroxylation is 1. The van der Waals surface area contributed by atoms with Gasteiger partial charge in [0.15, 0.2) is 0 Å². The summed E-state index contributed by atoms with van der Waals surface area (Å²) < 4.78 is 9.79. The van der Waals surface area contributed by atoms with Crippen LogP contribution >= 0.6 is 0 Å². The fourth-order valence-corrected chi connectivity index (χ4v) is 1.84. The normalized spacial score (nSPS) is 10.6. The van der Waals surface area contributed by atoms with Crippen molar-refractivity contribution in [3.05, 3.63) is 23.5 Å². The van der Waals surface area contributed by atoms with Gasteiger partial charge >= 0.3 is 5.97 Å². The number of hydrogen-bond acceptors (Lipinski definition) is 6. The van der Waals surface area contributed by atoms with Crippen LogP contribution in [0.3, 0.4) is 0 Å². The Balaban J connectivity index is 1.87. The third-order valence-electron chi connectivity index (χ3n) is 2.92. The quantitative estimate of drug-likeness (QED) is 0.641. The van der Waals surface area contributed by atoms with Gasteiger partial charge in [-0.15, -0.1) is 0 Å². The zero-order chi connectivity index (χ0) is 15.2. The van der Waals surface area contributed by atoms with Crippen LogP contribution in [0.2, 0.25) is 0 Å². The molecule has 0 bridgehead atoms. The number of aromatic nitrogens is 2. The molecule has 7 heteroatoms. The number of carbonyl (C=O) groups excluding carboxylic acids is 2. The van der Waals surface area contributed by atoms with Gasteiger partial charge in [0, 0.05) is 19.2 Å². The van der Waals surface area contributed by atoms with Gasteiger partial charge in [0.05, 0.1) is 23.3 Å². The molecule has 2 rings (SSSR count). The van der Waals surface area contributed by atoms with Crippen LogP contribution in [0, 0.1) is 6.92 Å². The number of rotatable bonds is 6. The van der Waals surface area contributed by atoms with E-state index in [1.165, 1.54) is 6.20 Å². The van der Waals surface area contributed by atoms with E-state index in [1.807, 2.05) is 0 Å². The number of fused-ring (bicyclic) bond motifs is 1. The molecule has 2 aromatic heterocycles. The topological polar surface area (TPSA) is 94.3 Å². The predicted octanol–water partition coefficient (Wildman–Crippen LogP) is 1.60. The molecule has 1 N–H and O–H groups in total. The summed E-state index contributed by atoms with van der Waals surface area (Å²) in [6, 6.07) is 1.69. The maximum atomic E-state index is 12.0. The zero-order valence-electron chi connectivity index (χ0n) is 12.0. The second-order valence-electron chi connectivity index (χ2n) is 4.51. The van der Waals surface area contributed by atoms with E-state index in [2.05, 4.69) is 15.5 Å². The third kappa shape index (κ3) is 3.77. The Morgan fingerprint density at radius 1 is 1.43 bits per heavy atom. The summed E-state index contributed by atoms with van der Waals surface area (Å²) in [7, 11) is 0. The van der Waals surface area contributed by atoms with Crippen molar-refractivity contribution in [1.82, 2.24) is 15.5 Å². The molecule has 0 spiro atoms. The summed E-state index contributed by atoms with van der Waals surface area (Å²) in [5, 5.41) is 7.24. The van der Waals surface area contributed by atoms with Gasteiger partial charge in [-0.25, -0.2) is 4.98 Å². The minimum atomic E-state index is -0.255. The van der Waals surface area contributed by atoms with Gasteiger partial charge in [0.2, 0.25) is 0 Å². The highest BCUT2D eigenvalue weighted by Crippen LogP contribution is 2.16. The maximum absolute atomic E-state index is 12.0. The molecule has 7 nitrogen and oxygen atoms in total. The highest BCUT2D eigenvalue weighted by Gasteiger charge is 2.11. The summed E-state index contributed by atoms with van der Waals surface area (Å²) in [6.07, 6.45) is 2.26. The lowest BCUT2D eigenvalue weighted by Crippen LogP contribution is -2.25. The molecule has 0 aliphatic carbocycles. The SMILES string of the molecule is CCOC(=O)CCCNC(=O)c1cnc2onc(C)c2c1. The third-order valence-corrected chi connectivity index (χ3v) is 2.92. The molecule has 1 amide bonds. The van der Waals surface area contributed by atoms with Crippen LogP contribution in [0.1, 0.15) is 35.8 Å². The Bertz CT molecular complexity index is 651. The largest absolute Gasteiger partial charge is 0.466 e. The fraction of sp³-hybridized carbons (Fsp3) is 0.429. The Morgan fingerprint density at radius 3 is 3.00 bits per heavy atom. The Morgan fingerprint density at radius 2 is 2.24 bits per heavy atom. The van der Waals surface area contributed by atoms with Crippen molar-refractivity contribution >= 4 is 23.0 Å². The van der Waals surface area contributed by atoms with Crippen molar-refractivity contribution in [2.24, 2.45) is 0 Å². The molecule has 21 heavy (non-hydrogen) atoms. The van der Waals surface area contributed by atoms with E-state index < -0.39 is 0 Å². The summed E-state index contributed by atoms with van der Waals surface area (Å²) in [4.78, 5) is 27.2. The van der Waals surface area contributed by atoms with Crippen LogP contribution in [-0.4, -0.2) is 35.2 Å². The first-order valence-electron chi connectivity index (χ1n) is 6.77. The molecule has 0 unspecified atom stereocenters. The van der Waals surface area contributed by atoms with Gasteiger partial charge in [0.1, 0.15) is 0 Å². The van der Waals surface area contributed by atoms with Crippen LogP contribution in [0.15, 0.2) is 16.8 Å². The molecule has 0 atom stereocenters. The molecule has 0 aliphatic rings. The van der Waals surface area contributed by atoms with Crippen molar-refractivity contribution in [2.75, 3.05) is 13.2 Å². The van der Waals surface area contributed by atoms with E-state index in [9.17, 15) is 9.59 Å². The van der Waals surface area contributed by atoms with Crippen molar-refractivity contribution in [1.29, 1.82) is 0 Å². The minimum absolute atomic E-state index is 0.242. The van der Waals surface area contributed by atoms with Crippen molar-refractivity contribution in [3.8, 4) is 0 Å². The van der Waals surface area contributed by atoms with Crippen molar-refractivity contribution in [3.63, 3.8) is 0 Å². The van der Waals surface area contributed by atoms with Crippen LogP contribution < -0.4 is 5.32 Å². The van der Waals surface area contributed by atoms with Gasteiger partial charge in [-0.05, 0) is 26.3 Å². The molecule has 2 heterocycles. The number of esters is 1.